The fourth-order valence-corrected chi connectivity index (χ4v) is 3.31. The number of carbonyl (C=O) groups excluding carboxylic acids is 1. The normalized spacial score (nSPS) is 23.2. The Morgan fingerprint density at radius 3 is 2.96 bits per heavy atom. The average molecular weight is 396 g/mol. The number of hydrogen-bond acceptors (Lipinski definition) is 5. The first kappa shape index (κ1) is 22.7. The van der Waals surface area contributed by atoms with Crippen LogP contribution in [0.4, 0.5) is 4.39 Å². The van der Waals surface area contributed by atoms with Crippen molar-refractivity contribution in [3.63, 3.8) is 0 Å². The van der Waals surface area contributed by atoms with Crippen LogP contribution in [0.1, 0.15) is 18.4 Å². The Kier molecular flexibility index (Phi) is 10.4. The molecule has 2 unspecified atom stereocenters. The molecule has 0 aliphatic carbocycles. The summed E-state index contributed by atoms with van der Waals surface area (Å²) >= 11 is 0. The number of halogens is 1. The predicted molar refractivity (Wildman–Crippen MR) is 108 cm³/mol. The third kappa shape index (κ3) is 8.65. The molecule has 1 amide bonds. The van der Waals surface area contributed by atoms with Crippen LogP contribution in [0.3, 0.4) is 0 Å². The van der Waals surface area contributed by atoms with Crippen molar-refractivity contribution in [2.75, 3.05) is 59.6 Å². The molecular weight excluding hydrogens is 361 g/mol. The maximum absolute atomic E-state index is 12.3. The van der Waals surface area contributed by atoms with Crippen LogP contribution in [-0.4, -0.2) is 76.5 Å². The molecule has 1 aromatic carbocycles. The van der Waals surface area contributed by atoms with Crippen LogP contribution in [0.25, 0.3) is 0 Å². The van der Waals surface area contributed by atoms with E-state index in [2.05, 4.69) is 15.5 Å². The minimum absolute atomic E-state index is 0.103. The van der Waals surface area contributed by atoms with Crippen molar-refractivity contribution >= 4 is 5.91 Å². The molecule has 6 nitrogen and oxygen atoms in total. The zero-order valence-corrected chi connectivity index (χ0v) is 17.1. The van der Waals surface area contributed by atoms with E-state index in [4.69, 9.17) is 9.47 Å². The lowest BCUT2D eigenvalue weighted by Crippen LogP contribution is -2.46. The van der Waals surface area contributed by atoms with E-state index >= 15 is 0 Å². The summed E-state index contributed by atoms with van der Waals surface area (Å²) in [6.07, 6.45) is 2.47. The second kappa shape index (κ2) is 12.8. The average Bonchev–Trinajstić information content (AvgIpc) is 2.98. The summed E-state index contributed by atoms with van der Waals surface area (Å²) in [7, 11) is 1.74. The van der Waals surface area contributed by atoms with Gasteiger partial charge in [-0.2, -0.15) is 0 Å². The predicted octanol–water partition coefficient (Wildman–Crippen LogP) is 1.58. The summed E-state index contributed by atoms with van der Waals surface area (Å²) in [5, 5.41) is 6.33. The zero-order chi connectivity index (χ0) is 20.2. The van der Waals surface area contributed by atoms with Gasteiger partial charge in [0.1, 0.15) is 5.82 Å². The van der Waals surface area contributed by atoms with E-state index in [-0.39, 0.29) is 17.8 Å². The molecule has 28 heavy (non-hydrogen) atoms. The van der Waals surface area contributed by atoms with Crippen LogP contribution in [0.5, 0.6) is 0 Å². The molecule has 2 aliphatic heterocycles. The number of benzene rings is 1. The summed E-state index contributed by atoms with van der Waals surface area (Å²) in [4.78, 5) is 14.2. The van der Waals surface area contributed by atoms with Gasteiger partial charge in [-0.05, 0) is 37.9 Å². The van der Waals surface area contributed by atoms with Gasteiger partial charge in [-0.25, -0.2) is 4.39 Å². The SMILES string of the molecule is COC1CCCN(CC(=O)NCC2CNCCOC2)C1.Cc1ccccc1F. The van der Waals surface area contributed by atoms with Gasteiger partial charge < -0.3 is 20.1 Å². The summed E-state index contributed by atoms with van der Waals surface area (Å²) < 4.78 is 23.2. The van der Waals surface area contributed by atoms with Crippen LogP contribution in [0.2, 0.25) is 0 Å². The van der Waals surface area contributed by atoms with Gasteiger partial charge in [0.15, 0.2) is 0 Å². The van der Waals surface area contributed by atoms with Crippen molar-refractivity contribution in [1.82, 2.24) is 15.5 Å². The van der Waals surface area contributed by atoms with E-state index < -0.39 is 0 Å². The number of aryl methyl sites for hydroxylation is 1. The van der Waals surface area contributed by atoms with Gasteiger partial charge >= 0.3 is 0 Å². The molecule has 0 aromatic heterocycles. The number of ether oxygens (including phenoxy) is 2. The minimum atomic E-state index is -0.132. The first-order valence-electron chi connectivity index (χ1n) is 10.1. The lowest BCUT2D eigenvalue weighted by molar-refractivity contribution is -0.123. The van der Waals surface area contributed by atoms with Crippen LogP contribution in [0.15, 0.2) is 24.3 Å². The molecule has 0 bridgehead atoms. The van der Waals surface area contributed by atoms with Crippen LogP contribution < -0.4 is 10.6 Å². The Bertz CT molecular complexity index is 559. The largest absolute Gasteiger partial charge is 0.380 e. The van der Waals surface area contributed by atoms with Gasteiger partial charge in [0.2, 0.25) is 5.91 Å². The van der Waals surface area contributed by atoms with E-state index in [0.717, 1.165) is 52.2 Å². The smallest absolute Gasteiger partial charge is 0.234 e. The molecule has 7 heteroatoms. The third-order valence-corrected chi connectivity index (χ3v) is 5.04. The molecule has 2 saturated heterocycles. The number of hydrogen-bond donors (Lipinski definition) is 2. The fourth-order valence-electron chi connectivity index (χ4n) is 3.31. The zero-order valence-electron chi connectivity index (χ0n) is 17.1. The third-order valence-electron chi connectivity index (χ3n) is 5.04. The maximum Gasteiger partial charge on any atom is 0.234 e. The molecule has 0 spiro atoms. The van der Waals surface area contributed by atoms with Crippen LogP contribution >= 0.6 is 0 Å². The number of nitrogens with one attached hydrogen (secondary N) is 2. The first-order chi connectivity index (χ1) is 13.6. The van der Waals surface area contributed by atoms with Gasteiger partial charge in [0, 0.05) is 39.2 Å². The summed E-state index contributed by atoms with van der Waals surface area (Å²) in [6.45, 7) is 8.05. The lowest BCUT2D eigenvalue weighted by atomic mass is 10.1. The number of methoxy groups -OCH3 is 1. The molecule has 3 rings (SSSR count). The molecule has 2 N–H and O–H groups in total. The lowest BCUT2D eigenvalue weighted by Gasteiger charge is -2.31. The van der Waals surface area contributed by atoms with Crippen molar-refractivity contribution in [3.8, 4) is 0 Å². The Morgan fingerprint density at radius 2 is 2.25 bits per heavy atom. The quantitative estimate of drug-likeness (QED) is 0.793. The molecule has 2 aliphatic rings. The number of carbonyl (C=O) groups is 1. The number of amides is 1. The van der Waals surface area contributed by atoms with E-state index in [1.54, 1.807) is 26.2 Å². The summed E-state index contributed by atoms with van der Waals surface area (Å²) in [5.74, 6) is 0.341. The molecule has 158 valence electrons. The fraction of sp³-hybridized carbons (Fsp3) is 0.667. The molecular formula is C21H34FN3O3. The van der Waals surface area contributed by atoms with Crippen molar-refractivity contribution in [3.05, 3.63) is 35.6 Å². The van der Waals surface area contributed by atoms with E-state index in [1.165, 1.54) is 6.07 Å². The van der Waals surface area contributed by atoms with Gasteiger partial charge in [0.05, 0.1) is 25.9 Å². The Hall–Kier alpha value is -1.54. The van der Waals surface area contributed by atoms with E-state index in [9.17, 15) is 9.18 Å². The number of rotatable bonds is 5. The van der Waals surface area contributed by atoms with Crippen molar-refractivity contribution < 1.29 is 18.7 Å². The van der Waals surface area contributed by atoms with Gasteiger partial charge in [-0.1, -0.05) is 18.2 Å². The highest BCUT2D eigenvalue weighted by Gasteiger charge is 2.21. The van der Waals surface area contributed by atoms with Crippen LogP contribution in [0, 0.1) is 18.7 Å². The topological polar surface area (TPSA) is 62.8 Å². The van der Waals surface area contributed by atoms with Crippen molar-refractivity contribution in [1.29, 1.82) is 0 Å². The molecule has 0 saturated carbocycles. The molecule has 0 radical (unpaired) electrons. The highest BCUT2D eigenvalue weighted by Crippen LogP contribution is 2.11. The van der Waals surface area contributed by atoms with E-state index in [0.29, 0.717) is 24.6 Å². The molecule has 2 atom stereocenters. The number of piperidine rings is 1. The molecule has 2 fully saturated rings. The van der Waals surface area contributed by atoms with Crippen LogP contribution in [-0.2, 0) is 14.3 Å². The Labute approximate surface area is 167 Å². The Balaban J connectivity index is 0.000000292. The summed E-state index contributed by atoms with van der Waals surface area (Å²) in [6, 6.07) is 6.70. The standard InChI is InChI=1S/C14H27N3O3.C7H7F/c1-19-13-3-2-5-17(9-13)10-14(18)16-8-12-7-15-4-6-20-11-12;1-6-4-2-3-5-7(6)8/h12-13,15H,2-11H2,1H3,(H,16,18);2-5H,1H3. The second-order valence-electron chi connectivity index (χ2n) is 7.43. The van der Waals surface area contributed by atoms with Gasteiger partial charge in [-0.3, -0.25) is 9.69 Å². The van der Waals surface area contributed by atoms with E-state index in [1.807, 2.05) is 6.07 Å². The highest BCUT2D eigenvalue weighted by atomic mass is 19.1. The van der Waals surface area contributed by atoms with Gasteiger partial charge in [0.25, 0.3) is 0 Å². The number of likely N-dealkylation sites (tertiary alicyclic amines) is 1. The first-order valence-corrected chi connectivity index (χ1v) is 10.1. The number of nitrogens with zero attached hydrogens (tertiary/aromatic N) is 1. The van der Waals surface area contributed by atoms with Crippen molar-refractivity contribution in [2.45, 2.75) is 25.9 Å². The maximum atomic E-state index is 12.3. The van der Waals surface area contributed by atoms with Gasteiger partial charge in [-0.15, -0.1) is 0 Å². The minimum Gasteiger partial charge on any atom is -0.380 e. The highest BCUT2D eigenvalue weighted by molar-refractivity contribution is 5.78. The monoisotopic (exact) mass is 395 g/mol. The molecule has 1 aromatic rings. The Morgan fingerprint density at radius 1 is 1.43 bits per heavy atom. The summed E-state index contributed by atoms with van der Waals surface area (Å²) in [5.41, 5.74) is 0.701. The molecule has 2 heterocycles. The van der Waals surface area contributed by atoms with Crippen molar-refractivity contribution in [2.24, 2.45) is 5.92 Å². The second-order valence-corrected chi connectivity index (χ2v) is 7.43.